The number of rotatable bonds is 2. The maximum Gasteiger partial charge on any atom is 0.264 e. The molecule has 0 atom stereocenters. The first-order valence-corrected chi connectivity index (χ1v) is 9.18. The molecule has 2 aliphatic heterocycles. The number of amides is 2. The Morgan fingerprint density at radius 2 is 1.78 bits per heavy atom. The molecule has 2 amide bonds. The van der Waals surface area contributed by atoms with E-state index in [4.69, 9.17) is 0 Å². The van der Waals surface area contributed by atoms with E-state index in [1.54, 1.807) is 22.7 Å². The zero-order valence-corrected chi connectivity index (χ0v) is 14.9. The van der Waals surface area contributed by atoms with Gasteiger partial charge in [0.1, 0.15) is 0 Å². The monoisotopic (exact) mass is 371 g/mol. The number of thiophene rings is 2. The molecule has 2 aromatic heterocycles. The molecule has 5 nitrogen and oxygen atoms in total. The van der Waals surface area contributed by atoms with Crippen LogP contribution in [0.1, 0.15) is 9.67 Å². The quantitative estimate of drug-likeness (QED) is 0.877. The SMILES string of the molecule is Cl.O=C(c1cc2sccc2s1)N1CCN(C(=O)C2CNC2)CC1. The van der Waals surface area contributed by atoms with Crippen LogP contribution in [-0.4, -0.2) is 60.9 Å². The fourth-order valence-electron chi connectivity index (χ4n) is 2.88. The first kappa shape index (κ1) is 16.7. The molecule has 4 rings (SSSR count). The topological polar surface area (TPSA) is 52.7 Å². The molecule has 2 aliphatic rings. The maximum absolute atomic E-state index is 12.6. The summed E-state index contributed by atoms with van der Waals surface area (Å²) in [6, 6.07) is 4.05. The van der Waals surface area contributed by atoms with Crippen molar-refractivity contribution in [3.05, 3.63) is 22.4 Å². The van der Waals surface area contributed by atoms with Crippen LogP contribution in [0, 0.1) is 5.92 Å². The van der Waals surface area contributed by atoms with Crippen LogP contribution < -0.4 is 5.32 Å². The number of carbonyl (C=O) groups is 2. The largest absolute Gasteiger partial charge is 0.339 e. The van der Waals surface area contributed by atoms with Crippen LogP contribution in [0.15, 0.2) is 17.5 Å². The predicted molar refractivity (Wildman–Crippen MR) is 95.8 cm³/mol. The van der Waals surface area contributed by atoms with Crippen LogP contribution in [0.3, 0.4) is 0 Å². The van der Waals surface area contributed by atoms with Gasteiger partial charge >= 0.3 is 0 Å². The van der Waals surface area contributed by atoms with Crippen LogP contribution in [0.25, 0.3) is 9.40 Å². The van der Waals surface area contributed by atoms with E-state index < -0.39 is 0 Å². The number of fused-ring (bicyclic) bond motifs is 1. The fraction of sp³-hybridized carbons (Fsp3) is 0.467. The van der Waals surface area contributed by atoms with Crippen molar-refractivity contribution in [3.63, 3.8) is 0 Å². The Kier molecular flexibility index (Phi) is 4.91. The highest BCUT2D eigenvalue weighted by Crippen LogP contribution is 2.30. The minimum Gasteiger partial charge on any atom is -0.339 e. The summed E-state index contributed by atoms with van der Waals surface area (Å²) in [5.41, 5.74) is 0. The molecule has 0 bridgehead atoms. The number of nitrogens with one attached hydrogen (secondary N) is 1. The molecule has 0 radical (unpaired) electrons. The molecule has 0 aliphatic carbocycles. The van der Waals surface area contributed by atoms with Gasteiger partial charge < -0.3 is 15.1 Å². The maximum atomic E-state index is 12.6. The molecule has 23 heavy (non-hydrogen) atoms. The molecule has 1 N–H and O–H groups in total. The van der Waals surface area contributed by atoms with Crippen molar-refractivity contribution < 1.29 is 9.59 Å². The van der Waals surface area contributed by atoms with E-state index in [1.165, 1.54) is 9.40 Å². The Morgan fingerprint density at radius 1 is 1.09 bits per heavy atom. The smallest absolute Gasteiger partial charge is 0.264 e. The third-order valence-corrected chi connectivity index (χ3v) is 6.44. The lowest BCUT2D eigenvalue weighted by Gasteiger charge is -2.38. The van der Waals surface area contributed by atoms with Crippen LogP contribution in [0.4, 0.5) is 0 Å². The minimum atomic E-state index is 0. The van der Waals surface area contributed by atoms with Crippen LogP contribution in [0.2, 0.25) is 0 Å². The van der Waals surface area contributed by atoms with Gasteiger partial charge in [-0.3, -0.25) is 9.59 Å². The summed E-state index contributed by atoms with van der Waals surface area (Å²) in [5.74, 6) is 0.486. The van der Waals surface area contributed by atoms with Gasteiger partial charge in [0.05, 0.1) is 10.8 Å². The summed E-state index contributed by atoms with van der Waals surface area (Å²) in [6.07, 6.45) is 0. The van der Waals surface area contributed by atoms with Crippen LogP contribution in [-0.2, 0) is 4.79 Å². The lowest BCUT2D eigenvalue weighted by atomic mass is 10.0. The lowest BCUT2D eigenvalue weighted by molar-refractivity contribution is -0.138. The second kappa shape index (κ2) is 6.76. The Hall–Kier alpha value is -1.15. The van der Waals surface area contributed by atoms with Gasteiger partial charge in [-0.1, -0.05) is 0 Å². The first-order valence-electron chi connectivity index (χ1n) is 7.48. The van der Waals surface area contributed by atoms with Crippen molar-refractivity contribution in [2.45, 2.75) is 0 Å². The molecule has 2 aromatic rings. The van der Waals surface area contributed by atoms with Gasteiger partial charge in [-0.25, -0.2) is 0 Å². The predicted octanol–water partition coefficient (Wildman–Crippen LogP) is 1.89. The van der Waals surface area contributed by atoms with E-state index in [-0.39, 0.29) is 30.1 Å². The average Bonchev–Trinajstić information content (AvgIpc) is 3.06. The lowest BCUT2D eigenvalue weighted by Crippen LogP contribution is -2.57. The van der Waals surface area contributed by atoms with E-state index >= 15 is 0 Å². The normalized spacial score (nSPS) is 18.6. The molecule has 0 saturated carbocycles. The fourth-order valence-corrected chi connectivity index (χ4v) is 4.96. The number of piperazine rings is 1. The van der Waals surface area contributed by atoms with Gasteiger partial charge in [-0.2, -0.15) is 0 Å². The van der Waals surface area contributed by atoms with Crippen molar-refractivity contribution in [3.8, 4) is 0 Å². The summed E-state index contributed by atoms with van der Waals surface area (Å²) in [4.78, 5) is 29.4. The van der Waals surface area contributed by atoms with E-state index in [1.807, 2.05) is 15.9 Å². The first-order chi connectivity index (χ1) is 10.7. The summed E-state index contributed by atoms with van der Waals surface area (Å²) in [7, 11) is 0. The Balaban J connectivity index is 0.00000156. The van der Waals surface area contributed by atoms with E-state index in [2.05, 4.69) is 16.8 Å². The Bertz CT molecular complexity index is 689. The second-order valence-electron chi connectivity index (χ2n) is 5.73. The van der Waals surface area contributed by atoms with Crippen molar-refractivity contribution in [1.29, 1.82) is 0 Å². The van der Waals surface area contributed by atoms with Crippen LogP contribution in [0.5, 0.6) is 0 Å². The summed E-state index contributed by atoms with van der Waals surface area (Å²) in [5, 5.41) is 5.18. The molecule has 8 heteroatoms. The molecule has 2 fully saturated rings. The van der Waals surface area contributed by atoms with Crippen molar-refractivity contribution >= 4 is 56.3 Å². The molecule has 124 valence electrons. The van der Waals surface area contributed by atoms with Gasteiger partial charge in [-0.15, -0.1) is 35.1 Å². The molecule has 0 aromatic carbocycles. The summed E-state index contributed by atoms with van der Waals surface area (Å²) in [6.45, 7) is 4.17. The number of hydrogen-bond donors (Lipinski definition) is 1. The number of nitrogens with zero attached hydrogens (tertiary/aromatic N) is 2. The third-order valence-electron chi connectivity index (χ3n) is 4.36. The van der Waals surface area contributed by atoms with Gasteiger partial charge in [0.25, 0.3) is 5.91 Å². The van der Waals surface area contributed by atoms with E-state index in [0.717, 1.165) is 18.0 Å². The number of carbonyl (C=O) groups excluding carboxylic acids is 2. The summed E-state index contributed by atoms with van der Waals surface area (Å²) >= 11 is 3.23. The zero-order chi connectivity index (χ0) is 15.1. The highest BCUT2D eigenvalue weighted by molar-refractivity contribution is 7.27. The van der Waals surface area contributed by atoms with Crippen molar-refractivity contribution in [2.24, 2.45) is 5.92 Å². The van der Waals surface area contributed by atoms with Gasteiger partial charge in [0, 0.05) is 48.7 Å². The molecule has 4 heterocycles. The molecule has 0 unspecified atom stereocenters. The third kappa shape index (κ3) is 3.10. The Labute approximate surface area is 148 Å². The molecular weight excluding hydrogens is 354 g/mol. The number of hydrogen-bond acceptors (Lipinski definition) is 5. The highest BCUT2D eigenvalue weighted by atomic mass is 35.5. The Morgan fingerprint density at radius 3 is 2.39 bits per heavy atom. The van der Waals surface area contributed by atoms with Gasteiger partial charge in [-0.05, 0) is 17.5 Å². The number of halogens is 1. The molecular formula is C15H18ClN3O2S2. The van der Waals surface area contributed by atoms with E-state index in [0.29, 0.717) is 26.2 Å². The van der Waals surface area contributed by atoms with E-state index in [9.17, 15) is 9.59 Å². The van der Waals surface area contributed by atoms with Crippen LogP contribution >= 0.6 is 35.1 Å². The minimum absolute atomic E-state index is 0. The summed E-state index contributed by atoms with van der Waals surface area (Å²) < 4.78 is 2.36. The van der Waals surface area contributed by atoms with Gasteiger partial charge in [0.2, 0.25) is 5.91 Å². The molecule has 2 saturated heterocycles. The molecule has 0 spiro atoms. The average molecular weight is 372 g/mol. The van der Waals surface area contributed by atoms with Gasteiger partial charge in [0.15, 0.2) is 0 Å². The second-order valence-corrected chi connectivity index (χ2v) is 7.76. The highest BCUT2D eigenvalue weighted by Gasteiger charge is 2.32. The van der Waals surface area contributed by atoms with Crippen molar-refractivity contribution in [2.75, 3.05) is 39.3 Å². The zero-order valence-electron chi connectivity index (χ0n) is 12.5. The van der Waals surface area contributed by atoms with Crippen molar-refractivity contribution in [1.82, 2.24) is 15.1 Å². The standard InChI is InChI=1S/C15H17N3O2S2.ClH/c19-14(10-8-16-9-10)17-2-4-18(5-3-17)15(20)13-7-12-11(22-13)1-6-21-12;/h1,6-7,10,16H,2-5,8-9H2;1H.